The van der Waals surface area contributed by atoms with Crippen LogP contribution in [0.4, 0.5) is 0 Å². The van der Waals surface area contributed by atoms with Crippen LogP contribution < -0.4 is 0 Å². The van der Waals surface area contributed by atoms with Crippen molar-refractivity contribution in [2.24, 2.45) is 0 Å². The normalized spacial score (nSPS) is 10.0. The molecule has 0 unspecified atom stereocenters. The molecule has 0 atom stereocenters. The van der Waals surface area contributed by atoms with E-state index in [9.17, 15) is 4.79 Å². The van der Waals surface area contributed by atoms with E-state index in [-0.39, 0.29) is 5.89 Å². The zero-order chi connectivity index (χ0) is 9.68. The molecule has 72 valence electrons. The summed E-state index contributed by atoms with van der Waals surface area (Å²) >= 11 is 0. The molecular formula is C8H12N2O3. The maximum Gasteiger partial charge on any atom is 0.397 e. The van der Waals surface area contributed by atoms with Gasteiger partial charge in [-0.05, 0) is 13.3 Å². The number of ether oxygens (including phenoxy) is 1. The summed E-state index contributed by atoms with van der Waals surface area (Å²) in [6.45, 7) is 4.03. The van der Waals surface area contributed by atoms with Gasteiger partial charge in [0.05, 0.1) is 6.61 Å². The van der Waals surface area contributed by atoms with Gasteiger partial charge in [0, 0.05) is 6.42 Å². The lowest BCUT2D eigenvalue weighted by atomic mass is 10.3. The second-order valence-corrected chi connectivity index (χ2v) is 2.49. The summed E-state index contributed by atoms with van der Waals surface area (Å²) < 4.78 is 9.38. The number of hydrogen-bond acceptors (Lipinski definition) is 5. The van der Waals surface area contributed by atoms with Gasteiger partial charge in [0.2, 0.25) is 0 Å². The molecule has 13 heavy (non-hydrogen) atoms. The zero-order valence-corrected chi connectivity index (χ0v) is 7.74. The Bertz CT molecular complexity index is 283. The number of aryl methyl sites for hydroxylation is 1. The summed E-state index contributed by atoms with van der Waals surface area (Å²) in [7, 11) is 0. The van der Waals surface area contributed by atoms with Crippen molar-refractivity contribution in [1.82, 2.24) is 10.1 Å². The van der Waals surface area contributed by atoms with Gasteiger partial charge in [-0.15, -0.1) is 0 Å². The third-order valence-corrected chi connectivity index (χ3v) is 1.39. The van der Waals surface area contributed by atoms with Crippen molar-refractivity contribution in [3.8, 4) is 0 Å². The molecule has 1 aromatic rings. The Hall–Kier alpha value is -1.39. The highest BCUT2D eigenvalue weighted by Gasteiger charge is 2.15. The average Bonchev–Trinajstić information content (AvgIpc) is 2.54. The van der Waals surface area contributed by atoms with Crippen LogP contribution in [-0.2, 0) is 11.2 Å². The Kier molecular flexibility index (Phi) is 3.42. The number of nitrogens with zero attached hydrogens (tertiary/aromatic N) is 2. The van der Waals surface area contributed by atoms with E-state index in [1.165, 1.54) is 0 Å². The van der Waals surface area contributed by atoms with Crippen LogP contribution in [0, 0.1) is 0 Å². The van der Waals surface area contributed by atoms with Gasteiger partial charge >= 0.3 is 11.9 Å². The van der Waals surface area contributed by atoms with Crippen molar-refractivity contribution in [2.45, 2.75) is 26.7 Å². The van der Waals surface area contributed by atoms with Crippen molar-refractivity contribution in [3.63, 3.8) is 0 Å². The minimum atomic E-state index is -0.558. The molecule has 1 rings (SSSR count). The van der Waals surface area contributed by atoms with Gasteiger partial charge in [-0.1, -0.05) is 12.1 Å². The maximum absolute atomic E-state index is 11.0. The molecule has 0 bridgehead atoms. The molecule has 0 amide bonds. The fourth-order valence-corrected chi connectivity index (χ4v) is 0.855. The molecule has 0 radical (unpaired) electrons. The van der Waals surface area contributed by atoms with Crippen molar-refractivity contribution < 1.29 is 14.1 Å². The fourth-order valence-electron chi connectivity index (χ4n) is 0.855. The Morgan fingerprint density at radius 2 is 2.31 bits per heavy atom. The average molecular weight is 184 g/mol. The lowest BCUT2D eigenvalue weighted by Gasteiger charge is -1.93. The molecule has 1 heterocycles. The van der Waals surface area contributed by atoms with Gasteiger partial charge in [0.15, 0.2) is 5.82 Å². The molecular weight excluding hydrogens is 172 g/mol. The largest absolute Gasteiger partial charge is 0.459 e. The Balaban J connectivity index is 2.62. The topological polar surface area (TPSA) is 65.2 Å². The standard InChI is InChI=1S/C8H12N2O3/c1-3-5-6-9-7(13-10-6)8(11)12-4-2/h3-5H2,1-2H3. The van der Waals surface area contributed by atoms with Gasteiger partial charge in [0.25, 0.3) is 0 Å². The minimum absolute atomic E-state index is 0.0645. The fraction of sp³-hybridized carbons (Fsp3) is 0.625. The lowest BCUT2D eigenvalue weighted by Crippen LogP contribution is -2.04. The summed E-state index contributed by atoms with van der Waals surface area (Å²) in [6.07, 6.45) is 1.63. The number of esters is 1. The summed E-state index contributed by atoms with van der Waals surface area (Å²) in [6, 6.07) is 0. The Morgan fingerprint density at radius 3 is 2.92 bits per heavy atom. The molecule has 5 nitrogen and oxygen atoms in total. The van der Waals surface area contributed by atoms with E-state index < -0.39 is 5.97 Å². The number of hydrogen-bond donors (Lipinski definition) is 0. The molecule has 1 aromatic heterocycles. The predicted molar refractivity (Wildman–Crippen MR) is 44.2 cm³/mol. The van der Waals surface area contributed by atoms with E-state index in [1.54, 1.807) is 6.92 Å². The molecule has 0 aliphatic carbocycles. The summed E-state index contributed by atoms with van der Waals surface area (Å²) in [5, 5.41) is 3.62. The van der Waals surface area contributed by atoms with E-state index in [1.807, 2.05) is 6.92 Å². The molecule has 0 saturated carbocycles. The third kappa shape index (κ3) is 2.54. The molecule has 0 fully saturated rings. The summed E-state index contributed by atoms with van der Waals surface area (Å²) in [5.74, 6) is -0.0757. The Morgan fingerprint density at radius 1 is 1.54 bits per heavy atom. The van der Waals surface area contributed by atoms with Crippen molar-refractivity contribution in [2.75, 3.05) is 6.61 Å². The molecule has 5 heteroatoms. The number of rotatable bonds is 4. The first-order valence-electron chi connectivity index (χ1n) is 4.27. The van der Waals surface area contributed by atoms with Crippen LogP contribution in [0.25, 0.3) is 0 Å². The molecule has 0 aromatic carbocycles. The second-order valence-electron chi connectivity index (χ2n) is 2.49. The highest BCUT2D eigenvalue weighted by Crippen LogP contribution is 2.01. The summed E-state index contributed by atoms with van der Waals surface area (Å²) in [4.78, 5) is 14.9. The van der Waals surface area contributed by atoms with Crippen molar-refractivity contribution in [3.05, 3.63) is 11.7 Å². The van der Waals surface area contributed by atoms with Crippen LogP contribution in [0.5, 0.6) is 0 Å². The van der Waals surface area contributed by atoms with Gasteiger partial charge in [0.1, 0.15) is 0 Å². The number of aromatic nitrogens is 2. The van der Waals surface area contributed by atoms with Crippen LogP contribution in [0.15, 0.2) is 4.52 Å². The maximum atomic E-state index is 11.0. The van der Waals surface area contributed by atoms with Gasteiger partial charge in [-0.2, -0.15) is 4.98 Å². The Labute approximate surface area is 76.1 Å². The first-order valence-corrected chi connectivity index (χ1v) is 4.27. The van der Waals surface area contributed by atoms with Gasteiger partial charge < -0.3 is 9.26 Å². The lowest BCUT2D eigenvalue weighted by molar-refractivity contribution is 0.0470. The predicted octanol–water partition coefficient (Wildman–Crippen LogP) is 1.20. The number of carbonyl (C=O) groups is 1. The van der Waals surface area contributed by atoms with Gasteiger partial charge in [-0.25, -0.2) is 4.79 Å². The van der Waals surface area contributed by atoms with E-state index in [0.717, 1.165) is 6.42 Å². The highest BCUT2D eigenvalue weighted by molar-refractivity contribution is 5.83. The zero-order valence-electron chi connectivity index (χ0n) is 7.74. The number of carbonyl (C=O) groups excluding carboxylic acids is 1. The molecule has 0 aliphatic rings. The SMILES string of the molecule is CCCc1noc(C(=O)OCC)n1. The van der Waals surface area contributed by atoms with Crippen molar-refractivity contribution >= 4 is 5.97 Å². The van der Waals surface area contributed by atoms with Gasteiger partial charge in [-0.3, -0.25) is 0 Å². The van der Waals surface area contributed by atoms with Crippen LogP contribution in [0.3, 0.4) is 0 Å². The quantitative estimate of drug-likeness (QED) is 0.658. The van der Waals surface area contributed by atoms with Crippen molar-refractivity contribution in [1.29, 1.82) is 0 Å². The van der Waals surface area contributed by atoms with Crippen LogP contribution in [0.2, 0.25) is 0 Å². The summed E-state index contributed by atoms with van der Waals surface area (Å²) in [5.41, 5.74) is 0. The van der Waals surface area contributed by atoms with Crippen LogP contribution >= 0.6 is 0 Å². The third-order valence-electron chi connectivity index (χ3n) is 1.39. The first-order chi connectivity index (χ1) is 6.27. The molecule has 0 aliphatic heterocycles. The van der Waals surface area contributed by atoms with E-state index in [0.29, 0.717) is 18.9 Å². The molecule has 0 saturated heterocycles. The molecule has 0 spiro atoms. The second kappa shape index (κ2) is 4.59. The smallest absolute Gasteiger partial charge is 0.397 e. The van der Waals surface area contributed by atoms with Crippen LogP contribution in [0.1, 0.15) is 36.8 Å². The highest BCUT2D eigenvalue weighted by atomic mass is 16.6. The molecule has 0 N–H and O–H groups in total. The van der Waals surface area contributed by atoms with E-state index >= 15 is 0 Å². The monoisotopic (exact) mass is 184 g/mol. The van der Waals surface area contributed by atoms with E-state index in [4.69, 9.17) is 4.52 Å². The van der Waals surface area contributed by atoms with E-state index in [2.05, 4.69) is 14.9 Å². The minimum Gasteiger partial charge on any atom is -0.459 e. The van der Waals surface area contributed by atoms with Crippen LogP contribution in [-0.4, -0.2) is 22.7 Å². The first kappa shape index (κ1) is 9.70.